The van der Waals surface area contributed by atoms with E-state index in [0.717, 1.165) is 25.8 Å². The number of ether oxygens (including phenoxy) is 1. The third-order valence-electron chi connectivity index (χ3n) is 3.82. The normalized spacial score (nSPS) is 30.5. The van der Waals surface area contributed by atoms with Gasteiger partial charge < -0.3 is 10.1 Å². The fraction of sp³-hybridized carbons (Fsp3) is 0.909. The first-order valence-corrected chi connectivity index (χ1v) is 5.61. The fourth-order valence-corrected chi connectivity index (χ4v) is 2.78. The van der Waals surface area contributed by atoms with E-state index < -0.39 is 0 Å². The van der Waals surface area contributed by atoms with Crippen molar-refractivity contribution in [1.82, 2.24) is 5.32 Å². The van der Waals surface area contributed by atoms with Gasteiger partial charge in [-0.15, -0.1) is 0 Å². The van der Waals surface area contributed by atoms with Crippen LogP contribution < -0.4 is 5.32 Å². The molecule has 1 aliphatic heterocycles. The molecule has 1 aliphatic carbocycles. The molecule has 2 fully saturated rings. The van der Waals surface area contributed by atoms with Crippen molar-refractivity contribution in [3.8, 4) is 0 Å². The average Bonchev–Trinajstić information content (AvgIpc) is 2.17. The summed E-state index contributed by atoms with van der Waals surface area (Å²) in [5.74, 6) is 0.00292. The highest BCUT2D eigenvalue weighted by molar-refractivity contribution is 5.78. The predicted molar refractivity (Wildman–Crippen MR) is 53.9 cm³/mol. The molecule has 2 aliphatic rings. The molecule has 0 spiro atoms. The number of carbonyl (C=O) groups excluding carboxylic acids is 1. The van der Waals surface area contributed by atoms with E-state index in [0.29, 0.717) is 6.04 Å². The number of hydrogen-bond acceptors (Lipinski definition) is 3. The minimum absolute atomic E-state index is 0.00292. The van der Waals surface area contributed by atoms with Crippen molar-refractivity contribution in [3.05, 3.63) is 0 Å². The molecule has 1 N–H and O–H groups in total. The lowest BCUT2D eigenvalue weighted by Gasteiger charge is -2.46. The Morgan fingerprint density at radius 1 is 1.36 bits per heavy atom. The molecular weight excluding hydrogens is 178 g/mol. The van der Waals surface area contributed by atoms with Gasteiger partial charge in [-0.2, -0.15) is 0 Å². The van der Waals surface area contributed by atoms with Crippen LogP contribution >= 0.6 is 0 Å². The van der Waals surface area contributed by atoms with Gasteiger partial charge >= 0.3 is 5.97 Å². The molecule has 0 aromatic carbocycles. The van der Waals surface area contributed by atoms with Crippen LogP contribution in [0.25, 0.3) is 0 Å². The lowest BCUT2D eigenvalue weighted by molar-refractivity contribution is -0.162. The van der Waals surface area contributed by atoms with Gasteiger partial charge in [-0.1, -0.05) is 12.8 Å². The fourth-order valence-electron chi connectivity index (χ4n) is 2.78. The summed E-state index contributed by atoms with van der Waals surface area (Å²) in [6.45, 7) is 1.06. The third-order valence-corrected chi connectivity index (χ3v) is 3.82. The van der Waals surface area contributed by atoms with E-state index in [1.165, 1.54) is 26.4 Å². The number of esters is 1. The van der Waals surface area contributed by atoms with Gasteiger partial charge in [-0.3, -0.25) is 4.79 Å². The first-order valence-electron chi connectivity index (χ1n) is 5.61. The Kier molecular flexibility index (Phi) is 2.77. The second-order valence-corrected chi connectivity index (χ2v) is 4.50. The Morgan fingerprint density at radius 2 is 2.14 bits per heavy atom. The summed E-state index contributed by atoms with van der Waals surface area (Å²) in [5.41, 5.74) is -0.171. The Bertz CT molecular complexity index is 217. The minimum Gasteiger partial charge on any atom is -0.469 e. The first-order chi connectivity index (χ1) is 6.79. The van der Waals surface area contributed by atoms with Gasteiger partial charge in [0.05, 0.1) is 12.5 Å². The SMILES string of the molecule is COC(=O)C1(C2CCCCN2)CCC1. The van der Waals surface area contributed by atoms with Crippen LogP contribution in [-0.2, 0) is 9.53 Å². The van der Waals surface area contributed by atoms with Crippen LogP contribution in [0.1, 0.15) is 38.5 Å². The second-order valence-electron chi connectivity index (χ2n) is 4.50. The zero-order valence-corrected chi connectivity index (χ0v) is 8.84. The lowest BCUT2D eigenvalue weighted by Crippen LogP contribution is -2.56. The summed E-state index contributed by atoms with van der Waals surface area (Å²) in [7, 11) is 1.51. The second kappa shape index (κ2) is 3.89. The van der Waals surface area contributed by atoms with Crippen molar-refractivity contribution in [3.63, 3.8) is 0 Å². The maximum Gasteiger partial charge on any atom is 0.313 e. The highest BCUT2D eigenvalue weighted by Gasteiger charge is 2.51. The summed E-state index contributed by atoms with van der Waals surface area (Å²) >= 11 is 0. The van der Waals surface area contributed by atoms with Gasteiger partial charge in [0.1, 0.15) is 0 Å². The van der Waals surface area contributed by atoms with E-state index in [1.54, 1.807) is 0 Å². The molecule has 3 heteroatoms. The van der Waals surface area contributed by atoms with Crippen molar-refractivity contribution >= 4 is 5.97 Å². The standard InChI is InChI=1S/C11H19NO2/c1-14-10(13)11(6-4-7-11)9-5-2-3-8-12-9/h9,12H,2-8H2,1H3. The van der Waals surface area contributed by atoms with E-state index >= 15 is 0 Å². The minimum atomic E-state index is -0.171. The summed E-state index contributed by atoms with van der Waals surface area (Å²) in [4.78, 5) is 11.8. The van der Waals surface area contributed by atoms with E-state index in [9.17, 15) is 4.79 Å². The maximum atomic E-state index is 11.8. The molecule has 1 unspecified atom stereocenters. The molecule has 0 amide bonds. The van der Waals surface area contributed by atoms with E-state index in [2.05, 4.69) is 5.32 Å². The molecule has 3 nitrogen and oxygen atoms in total. The lowest BCUT2D eigenvalue weighted by atomic mass is 9.62. The molecule has 0 aromatic heterocycles. The number of methoxy groups -OCH3 is 1. The highest BCUT2D eigenvalue weighted by Crippen LogP contribution is 2.46. The average molecular weight is 197 g/mol. The van der Waals surface area contributed by atoms with Crippen molar-refractivity contribution in [1.29, 1.82) is 0 Å². The molecule has 14 heavy (non-hydrogen) atoms. The largest absolute Gasteiger partial charge is 0.469 e. The first kappa shape index (κ1) is 9.97. The van der Waals surface area contributed by atoms with Crippen LogP contribution in [-0.4, -0.2) is 25.7 Å². The van der Waals surface area contributed by atoms with Crippen LogP contribution in [0.15, 0.2) is 0 Å². The van der Waals surface area contributed by atoms with Crippen molar-refractivity contribution in [2.45, 2.75) is 44.6 Å². The molecule has 0 aromatic rings. The number of nitrogens with one attached hydrogen (secondary N) is 1. The third kappa shape index (κ3) is 1.44. The van der Waals surface area contributed by atoms with E-state index in [-0.39, 0.29) is 11.4 Å². The summed E-state index contributed by atoms with van der Waals surface area (Å²) < 4.78 is 4.93. The molecule has 1 heterocycles. The van der Waals surface area contributed by atoms with Crippen molar-refractivity contribution < 1.29 is 9.53 Å². The molecule has 1 atom stereocenters. The maximum absolute atomic E-state index is 11.8. The number of piperidine rings is 1. The van der Waals surface area contributed by atoms with Gasteiger partial charge in [0.25, 0.3) is 0 Å². The smallest absolute Gasteiger partial charge is 0.313 e. The van der Waals surface area contributed by atoms with Crippen LogP contribution in [0.4, 0.5) is 0 Å². The van der Waals surface area contributed by atoms with Crippen LogP contribution in [0.2, 0.25) is 0 Å². The predicted octanol–water partition coefficient (Wildman–Crippen LogP) is 1.47. The van der Waals surface area contributed by atoms with Crippen LogP contribution in [0.5, 0.6) is 0 Å². The Morgan fingerprint density at radius 3 is 2.57 bits per heavy atom. The molecule has 80 valence electrons. The topological polar surface area (TPSA) is 38.3 Å². The summed E-state index contributed by atoms with van der Waals surface area (Å²) in [5, 5.41) is 3.48. The zero-order chi connectivity index (χ0) is 10.0. The molecule has 1 saturated carbocycles. The molecule has 1 saturated heterocycles. The van der Waals surface area contributed by atoms with E-state index in [1.807, 2.05) is 0 Å². The molecule has 2 rings (SSSR count). The monoisotopic (exact) mass is 197 g/mol. The Hall–Kier alpha value is -0.570. The van der Waals surface area contributed by atoms with Gasteiger partial charge in [0.2, 0.25) is 0 Å². The number of hydrogen-bond donors (Lipinski definition) is 1. The van der Waals surface area contributed by atoms with Crippen LogP contribution in [0.3, 0.4) is 0 Å². The molecule has 0 radical (unpaired) electrons. The molecular formula is C11H19NO2. The van der Waals surface area contributed by atoms with Crippen LogP contribution in [0, 0.1) is 5.41 Å². The van der Waals surface area contributed by atoms with Gasteiger partial charge in [0, 0.05) is 6.04 Å². The van der Waals surface area contributed by atoms with Crippen molar-refractivity contribution in [2.24, 2.45) is 5.41 Å². The van der Waals surface area contributed by atoms with E-state index in [4.69, 9.17) is 4.74 Å². The van der Waals surface area contributed by atoms with Crippen molar-refractivity contribution in [2.75, 3.05) is 13.7 Å². The summed E-state index contributed by atoms with van der Waals surface area (Å²) in [6.07, 6.45) is 6.82. The van der Waals surface area contributed by atoms with Gasteiger partial charge in [-0.25, -0.2) is 0 Å². The molecule has 0 bridgehead atoms. The van der Waals surface area contributed by atoms with Gasteiger partial charge in [-0.05, 0) is 32.2 Å². The summed E-state index contributed by atoms with van der Waals surface area (Å²) in [6, 6.07) is 0.373. The Balaban J connectivity index is 2.06. The number of carbonyl (C=O) groups is 1. The zero-order valence-electron chi connectivity index (χ0n) is 8.84. The highest BCUT2D eigenvalue weighted by atomic mass is 16.5. The number of rotatable bonds is 2. The quantitative estimate of drug-likeness (QED) is 0.681. The van der Waals surface area contributed by atoms with Gasteiger partial charge in [0.15, 0.2) is 0 Å². The Labute approximate surface area is 85.2 Å².